The number of allylic oxidation sites excluding steroid dienone is 2. The maximum Gasteiger partial charge on any atom is 0.233 e. The van der Waals surface area contributed by atoms with Crippen LogP contribution in [0.2, 0.25) is 0 Å². The molecule has 1 aliphatic carbocycles. The van der Waals surface area contributed by atoms with E-state index in [1.807, 2.05) is 48.6 Å². The number of carbonyl (C=O) groups is 3. The molecule has 2 aromatic rings. The molecule has 3 aliphatic rings. The second-order valence-corrected chi connectivity index (χ2v) is 8.73. The Morgan fingerprint density at radius 1 is 0.806 bits per heavy atom. The molecule has 5 rings (SSSR count). The molecule has 0 N–H and O–H groups in total. The van der Waals surface area contributed by atoms with Crippen molar-refractivity contribution in [3.05, 3.63) is 83.9 Å². The van der Waals surface area contributed by atoms with E-state index in [-0.39, 0.29) is 41.5 Å². The van der Waals surface area contributed by atoms with Crippen LogP contribution < -0.4 is 0 Å². The minimum absolute atomic E-state index is 0.0158. The van der Waals surface area contributed by atoms with Crippen LogP contribution in [0.1, 0.15) is 36.3 Å². The Kier molecular flexibility index (Phi) is 5.18. The van der Waals surface area contributed by atoms with Crippen LogP contribution in [0.4, 0.5) is 0 Å². The summed E-state index contributed by atoms with van der Waals surface area (Å²) < 4.78 is 0. The summed E-state index contributed by atoms with van der Waals surface area (Å²) in [5.74, 6) is -0.471. The predicted molar refractivity (Wildman–Crippen MR) is 117 cm³/mol. The fourth-order valence-electron chi connectivity index (χ4n) is 5.11. The van der Waals surface area contributed by atoms with E-state index in [0.717, 1.165) is 11.1 Å². The molecule has 2 aromatic carbocycles. The normalized spacial score (nSPS) is 23.3. The second kappa shape index (κ2) is 8.14. The van der Waals surface area contributed by atoms with Gasteiger partial charge in [-0.3, -0.25) is 19.3 Å². The van der Waals surface area contributed by atoms with Gasteiger partial charge in [0.15, 0.2) is 0 Å². The van der Waals surface area contributed by atoms with Gasteiger partial charge < -0.3 is 4.90 Å². The monoisotopic (exact) mass is 414 g/mol. The maximum absolute atomic E-state index is 13.1. The van der Waals surface area contributed by atoms with Gasteiger partial charge in [0.05, 0.1) is 17.9 Å². The van der Waals surface area contributed by atoms with Gasteiger partial charge in [0.25, 0.3) is 0 Å². The molecule has 0 spiro atoms. The highest BCUT2D eigenvalue weighted by molar-refractivity contribution is 6.06. The van der Waals surface area contributed by atoms with E-state index >= 15 is 0 Å². The van der Waals surface area contributed by atoms with Crippen LogP contribution in [-0.4, -0.2) is 46.7 Å². The summed E-state index contributed by atoms with van der Waals surface area (Å²) in [6.07, 6.45) is 5.67. The van der Waals surface area contributed by atoms with Gasteiger partial charge in [-0.15, -0.1) is 0 Å². The molecule has 5 nitrogen and oxygen atoms in total. The number of amides is 3. The minimum atomic E-state index is -0.206. The summed E-state index contributed by atoms with van der Waals surface area (Å²) >= 11 is 0. The topological polar surface area (TPSA) is 57.7 Å². The van der Waals surface area contributed by atoms with Crippen LogP contribution in [0, 0.1) is 11.8 Å². The van der Waals surface area contributed by atoms with E-state index < -0.39 is 0 Å². The molecular formula is C26H26N2O3. The van der Waals surface area contributed by atoms with E-state index in [2.05, 4.69) is 24.3 Å². The summed E-state index contributed by atoms with van der Waals surface area (Å²) in [6.45, 7) is 0.888. The molecule has 3 amide bonds. The van der Waals surface area contributed by atoms with E-state index in [9.17, 15) is 14.4 Å². The van der Waals surface area contributed by atoms with Crippen molar-refractivity contribution < 1.29 is 14.4 Å². The zero-order valence-corrected chi connectivity index (χ0v) is 17.4. The van der Waals surface area contributed by atoms with Gasteiger partial charge >= 0.3 is 0 Å². The lowest BCUT2D eigenvalue weighted by Crippen LogP contribution is -2.62. The van der Waals surface area contributed by atoms with Crippen LogP contribution in [0.25, 0.3) is 0 Å². The molecule has 2 heterocycles. The SMILES string of the molecule is O=C(CC(c1ccccc1)c1ccccc1)N1CC(N2C(=O)C3CC=CCC3C2=O)C1. The van der Waals surface area contributed by atoms with E-state index in [1.165, 1.54) is 4.90 Å². The average molecular weight is 415 g/mol. The zero-order valence-electron chi connectivity index (χ0n) is 17.4. The Hall–Kier alpha value is -3.21. The highest BCUT2D eigenvalue weighted by Crippen LogP contribution is 2.38. The summed E-state index contributed by atoms with van der Waals surface area (Å²) in [6, 6.07) is 20.0. The van der Waals surface area contributed by atoms with Gasteiger partial charge in [0.1, 0.15) is 0 Å². The third-order valence-corrected chi connectivity index (χ3v) is 6.90. The van der Waals surface area contributed by atoms with E-state index in [4.69, 9.17) is 0 Å². The van der Waals surface area contributed by atoms with Crippen molar-refractivity contribution in [1.29, 1.82) is 0 Å². The molecule has 0 radical (unpaired) electrons. The van der Waals surface area contributed by atoms with E-state index in [0.29, 0.717) is 32.4 Å². The molecule has 2 unspecified atom stereocenters. The molecule has 0 aromatic heterocycles. The Bertz CT molecular complexity index is 946. The zero-order chi connectivity index (χ0) is 21.4. The summed E-state index contributed by atoms with van der Waals surface area (Å²) in [7, 11) is 0. The quantitative estimate of drug-likeness (QED) is 0.557. The Labute approximate surface area is 182 Å². The summed E-state index contributed by atoms with van der Waals surface area (Å²) in [4.78, 5) is 41.9. The molecule has 2 saturated heterocycles. The lowest BCUT2D eigenvalue weighted by molar-refractivity contribution is -0.152. The van der Waals surface area contributed by atoms with Gasteiger partial charge in [-0.25, -0.2) is 0 Å². The Balaban J connectivity index is 1.26. The number of nitrogens with zero attached hydrogens (tertiary/aromatic N) is 2. The largest absolute Gasteiger partial charge is 0.338 e. The van der Waals surface area contributed by atoms with Crippen molar-refractivity contribution in [1.82, 2.24) is 9.80 Å². The van der Waals surface area contributed by atoms with Crippen molar-refractivity contribution >= 4 is 17.7 Å². The van der Waals surface area contributed by atoms with Crippen molar-refractivity contribution in [2.24, 2.45) is 11.8 Å². The van der Waals surface area contributed by atoms with Crippen molar-refractivity contribution in [2.75, 3.05) is 13.1 Å². The molecule has 5 heteroatoms. The van der Waals surface area contributed by atoms with Crippen molar-refractivity contribution in [3.63, 3.8) is 0 Å². The first kappa shape index (κ1) is 19.7. The van der Waals surface area contributed by atoms with Crippen LogP contribution in [0.15, 0.2) is 72.8 Å². The van der Waals surface area contributed by atoms with Crippen LogP contribution in [-0.2, 0) is 14.4 Å². The number of likely N-dealkylation sites (tertiary alicyclic amines) is 2. The molecular weight excluding hydrogens is 388 g/mol. The third kappa shape index (κ3) is 3.58. The summed E-state index contributed by atoms with van der Waals surface area (Å²) in [5, 5.41) is 0. The van der Waals surface area contributed by atoms with Crippen LogP contribution >= 0.6 is 0 Å². The van der Waals surface area contributed by atoms with Gasteiger partial charge in [-0.05, 0) is 24.0 Å². The number of hydrogen-bond donors (Lipinski definition) is 0. The number of imide groups is 1. The molecule has 0 saturated carbocycles. The van der Waals surface area contributed by atoms with Crippen LogP contribution in [0.3, 0.4) is 0 Å². The van der Waals surface area contributed by atoms with Crippen LogP contribution in [0.5, 0.6) is 0 Å². The lowest BCUT2D eigenvalue weighted by Gasteiger charge is -2.43. The number of hydrogen-bond acceptors (Lipinski definition) is 3. The lowest BCUT2D eigenvalue weighted by atomic mass is 9.85. The van der Waals surface area contributed by atoms with E-state index in [1.54, 1.807) is 4.90 Å². The number of benzene rings is 2. The fourth-order valence-corrected chi connectivity index (χ4v) is 5.11. The maximum atomic E-state index is 13.1. The van der Waals surface area contributed by atoms with Gasteiger partial charge in [-0.2, -0.15) is 0 Å². The van der Waals surface area contributed by atoms with Gasteiger partial charge in [0.2, 0.25) is 17.7 Å². The second-order valence-electron chi connectivity index (χ2n) is 8.73. The molecule has 2 atom stereocenters. The van der Waals surface area contributed by atoms with Gasteiger partial charge in [-0.1, -0.05) is 72.8 Å². The minimum Gasteiger partial charge on any atom is -0.338 e. The highest BCUT2D eigenvalue weighted by atomic mass is 16.2. The standard InChI is InChI=1S/C26H26N2O3/c29-24(15-23(18-9-3-1-4-10-18)19-11-5-2-6-12-19)27-16-20(17-27)28-25(30)21-13-7-8-14-22(21)26(28)31/h1-12,20-23H,13-17H2. The highest BCUT2D eigenvalue weighted by Gasteiger charge is 2.52. The van der Waals surface area contributed by atoms with Gasteiger partial charge in [0, 0.05) is 25.4 Å². The molecule has 158 valence electrons. The molecule has 31 heavy (non-hydrogen) atoms. The summed E-state index contributed by atoms with van der Waals surface area (Å²) in [5.41, 5.74) is 2.22. The predicted octanol–water partition coefficient (Wildman–Crippen LogP) is 3.37. The number of carbonyl (C=O) groups excluding carboxylic acids is 3. The molecule has 0 bridgehead atoms. The molecule has 2 fully saturated rings. The fraction of sp³-hybridized carbons (Fsp3) is 0.346. The third-order valence-electron chi connectivity index (χ3n) is 6.90. The van der Waals surface area contributed by atoms with Crippen molar-refractivity contribution in [3.8, 4) is 0 Å². The first-order chi connectivity index (χ1) is 15.1. The number of rotatable bonds is 5. The molecule has 2 aliphatic heterocycles. The Morgan fingerprint density at radius 3 is 1.77 bits per heavy atom. The first-order valence-electron chi connectivity index (χ1n) is 11.0. The van der Waals surface area contributed by atoms with Crippen molar-refractivity contribution in [2.45, 2.75) is 31.2 Å². The average Bonchev–Trinajstić information content (AvgIpc) is 3.03. The smallest absolute Gasteiger partial charge is 0.233 e. The first-order valence-corrected chi connectivity index (χ1v) is 11.0. The Morgan fingerprint density at radius 2 is 1.29 bits per heavy atom. The number of fused-ring (bicyclic) bond motifs is 1.